The molecule has 0 saturated heterocycles. The van der Waals surface area contributed by atoms with E-state index in [0.29, 0.717) is 10.9 Å². The number of aromatic nitrogens is 4. The molecule has 18 heavy (non-hydrogen) atoms. The summed E-state index contributed by atoms with van der Waals surface area (Å²) in [7, 11) is 1.89. The van der Waals surface area contributed by atoms with E-state index in [0.717, 1.165) is 11.0 Å². The molecule has 2 heterocycles. The van der Waals surface area contributed by atoms with Crippen LogP contribution in [0.3, 0.4) is 0 Å². The number of H-pyrrole nitrogens is 1. The van der Waals surface area contributed by atoms with Crippen LogP contribution in [-0.2, 0) is 7.05 Å². The molecule has 0 fully saturated rings. The maximum atomic E-state index is 11.6. The van der Waals surface area contributed by atoms with Gasteiger partial charge in [-0.1, -0.05) is 13.8 Å². The minimum absolute atomic E-state index is 0.124. The maximum absolute atomic E-state index is 11.6. The summed E-state index contributed by atoms with van der Waals surface area (Å²) in [6, 6.07) is 3.53. The van der Waals surface area contributed by atoms with E-state index in [-0.39, 0.29) is 11.5 Å². The lowest BCUT2D eigenvalue weighted by molar-refractivity contribution is 0.948. The second-order valence-corrected chi connectivity index (χ2v) is 3.66. The van der Waals surface area contributed by atoms with Gasteiger partial charge in [-0.05, 0) is 12.1 Å². The van der Waals surface area contributed by atoms with Crippen LogP contribution >= 0.6 is 0 Å². The highest BCUT2D eigenvalue weighted by Gasteiger charge is 2.06. The molecule has 1 aromatic carbocycles. The first-order chi connectivity index (χ1) is 8.65. The van der Waals surface area contributed by atoms with Crippen molar-refractivity contribution in [1.29, 1.82) is 0 Å². The van der Waals surface area contributed by atoms with Crippen LogP contribution in [-0.4, -0.2) is 19.5 Å². The van der Waals surface area contributed by atoms with Crippen molar-refractivity contribution in [1.82, 2.24) is 19.5 Å². The minimum Gasteiger partial charge on any atom is -0.369 e. The molecular formula is C12H15N5O. The predicted molar refractivity (Wildman–Crippen MR) is 72.4 cm³/mol. The van der Waals surface area contributed by atoms with Crippen LogP contribution < -0.4 is 11.3 Å². The third kappa shape index (κ3) is 1.81. The Kier molecular flexibility index (Phi) is 3.01. The van der Waals surface area contributed by atoms with Gasteiger partial charge in [0.15, 0.2) is 0 Å². The first-order valence-corrected chi connectivity index (χ1v) is 5.76. The monoisotopic (exact) mass is 245 g/mol. The summed E-state index contributed by atoms with van der Waals surface area (Å²) in [6.45, 7) is 4.00. The Balaban J connectivity index is 0.000000574. The molecule has 6 nitrogen and oxygen atoms in total. The van der Waals surface area contributed by atoms with E-state index in [1.807, 2.05) is 31.5 Å². The van der Waals surface area contributed by atoms with Crippen LogP contribution in [0, 0.1) is 0 Å². The summed E-state index contributed by atoms with van der Waals surface area (Å²) < 4.78 is 1.87. The highest BCUT2D eigenvalue weighted by molar-refractivity contribution is 5.92. The number of aromatic amines is 1. The molecule has 3 N–H and O–H groups in total. The van der Waals surface area contributed by atoms with Crippen LogP contribution in [0.2, 0.25) is 0 Å². The van der Waals surface area contributed by atoms with Gasteiger partial charge in [-0.15, -0.1) is 0 Å². The summed E-state index contributed by atoms with van der Waals surface area (Å²) in [4.78, 5) is 22.4. The molecule has 0 saturated carbocycles. The molecule has 0 spiro atoms. The smallest absolute Gasteiger partial charge is 0.260 e. The van der Waals surface area contributed by atoms with E-state index in [4.69, 9.17) is 5.73 Å². The number of imidazole rings is 1. The molecule has 2 aromatic heterocycles. The molecule has 0 bridgehead atoms. The Hall–Kier alpha value is -2.37. The maximum Gasteiger partial charge on any atom is 0.260 e. The number of rotatable bonds is 0. The van der Waals surface area contributed by atoms with Gasteiger partial charge in [0.05, 0.1) is 28.3 Å². The molecule has 6 heteroatoms. The molecule has 0 unspecified atom stereocenters. The van der Waals surface area contributed by atoms with E-state index in [9.17, 15) is 4.79 Å². The summed E-state index contributed by atoms with van der Waals surface area (Å²) in [5, 5.41) is 0.500. The lowest BCUT2D eigenvalue weighted by Gasteiger charge is -1.99. The van der Waals surface area contributed by atoms with Crippen molar-refractivity contribution in [2.45, 2.75) is 13.8 Å². The van der Waals surface area contributed by atoms with Crippen molar-refractivity contribution in [3.8, 4) is 0 Å². The molecule has 3 aromatic rings. The van der Waals surface area contributed by atoms with E-state index in [1.54, 1.807) is 12.4 Å². The highest BCUT2D eigenvalue weighted by Crippen LogP contribution is 2.17. The number of benzene rings is 1. The fourth-order valence-corrected chi connectivity index (χ4v) is 1.78. The SMILES string of the molecule is CC.Cn1cnc2cc3c(=O)[nH]c(N)nc3cc21. The van der Waals surface area contributed by atoms with Gasteiger partial charge >= 0.3 is 0 Å². The van der Waals surface area contributed by atoms with Crippen LogP contribution in [0.4, 0.5) is 5.95 Å². The number of nitrogens with two attached hydrogens (primary N) is 1. The molecule has 94 valence electrons. The Bertz CT molecular complexity index is 756. The number of aryl methyl sites for hydroxylation is 1. The largest absolute Gasteiger partial charge is 0.369 e. The topological polar surface area (TPSA) is 89.6 Å². The Labute approximate surface area is 103 Å². The third-order valence-electron chi connectivity index (χ3n) is 2.57. The zero-order valence-electron chi connectivity index (χ0n) is 10.6. The van der Waals surface area contributed by atoms with Crippen LogP contribution in [0.15, 0.2) is 23.3 Å². The first-order valence-electron chi connectivity index (χ1n) is 5.76. The molecule has 0 aliphatic carbocycles. The number of anilines is 1. The number of nitrogens with zero attached hydrogens (tertiary/aromatic N) is 3. The fourth-order valence-electron chi connectivity index (χ4n) is 1.78. The van der Waals surface area contributed by atoms with Crippen LogP contribution in [0.5, 0.6) is 0 Å². The molecular weight excluding hydrogens is 230 g/mol. The van der Waals surface area contributed by atoms with Crippen LogP contribution in [0.1, 0.15) is 13.8 Å². The fraction of sp³-hybridized carbons (Fsp3) is 0.250. The van der Waals surface area contributed by atoms with Crippen LogP contribution in [0.25, 0.3) is 21.9 Å². The minimum atomic E-state index is -0.241. The standard InChI is InChI=1S/C10H9N5O.C2H6/c1-15-4-12-7-2-5-6(3-8(7)15)13-10(11)14-9(5)16;1-2/h2-4H,1H3,(H3,11,13,14,16);1-2H3. The van der Waals surface area contributed by atoms with Crippen molar-refractivity contribution in [2.24, 2.45) is 7.05 Å². The van der Waals surface area contributed by atoms with E-state index in [2.05, 4.69) is 15.0 Å². The van der Waals surface area contributed by atoms with Crippen molar-refractivity contribution in [3.05, 3.63) is 28.8 Å². The van der Waals surface area contributed by atoms with Crippen molar-refractivity contribution < 1.29 is 0 Å². The number of hydrogen-bond acceptors (Lipinski definition) is 4. The van der Waals surface area contributed by atoms with E-state index < -0.39 is 0 Å². The number of fused-ring (bicyclic) bond motifs is 2. The van der Waals surface area contributed by atoms with Gasteiger partial charge in [0.2, 0.25) is 5.95 Å². The molecule has 0 aliphatic rings. The van der Waals surface area contributed by atoms with Gasteiger partial charge in [0.1, 0.15) is 0 Å². The van der Waals surface area contributed by atoms with Crippen molar-refractivity contribution >= 4 is 27.9 Å². The molecule has 0 atom stereocenters. The van der Waals surface area contributed by atoms with Gasteiger partial charge in [0, 0.05) is 7.05 Å². The normalized spacial score (nSPS) is 10.4. The highest BCUT2D eigenvalue weighted by atomic mass is 16.1. The number of hydrogen-bond donors (Lipinski definition) is 2. The van der Waals surface area contributed by atoms with E-state index in [1.165, 1.54) is 0 Å². The average Bonchev–Trinajstić information content (AvgIpc) is 2.71. The first kappa shape index (κ1) is 12.1. The average molecular weight is 245 g/mol. The molecule has 0 amide bonds. The summed E-state index contributed by atoms with van der Waals surface area (Å²) in [5.41, 5.74) is 7.52. The lowest BCUT2D eigenvalue weighted by atomic mass is 10.2. The third-order valence-corrected chi connectivity index (χ3v) is 2.57. The molecule has 0 aliphatic heterocycles. The molecule has 0 radical (unpaired) electrons. The zero-order chi connectivity index (χ0) is 13.3. The van der Waals surface area contributed by atoms with Crippen molar-refractivity contribution in [3.63, 3.8) is 0 Å². The quantitative estimate of drug-likeness (QED) is 0.626. The van der Waals surface area contributed by atoms with Crippen molar-refractivity contribution in [2.75, 3.05) is 5.73 Å². The Morgan fingerprint density at radius 3 is 2.72 bits per heavy atom. The Morgan fingerprint density at radius 2 is 2.00 bits per heavy atom. The zero-order valence-corrected chi connectivity index (χ0v) is 10.6. The molecule has 3 rings (SSSR count). The van der Waals surface area contributed by atoms with Gasteiger partial charge < -0.3 is 10.3 Å². The van der Waals surface area contributed by atoms with Gasteiger partial charge in [0.25, 0.3) is 5.56 Å². The van der Waals surface area contributed by atoms with Gasteiger partial charge in [-0.25, -0.2) is 9.97 Å². The van der Waals surface area contributed by atoms with Gasteiger partial charge in [-0.2, -0.15) is 0 Å². The summed E-state index contributed by atoms with van der Waals surface area (Å²) in [6.07, 6.45) is 1.70. The van der Waals surface area contributed by atoms with E-state index >= 15 is 0 Å². The number of nitrogens with one attached hydrogen (secondary N) is 1. The number of nitrogen functional groups attached to an aromatic ring is 1. The summed E-state index contributed by atoms with van der Waals surface area (Å²) in [5.74, 6) is 0.124. The lowest BCUT2D eigenvalue weighted by Crippen LogP contribution is -2.11. The van der Waals surface area contributed by atoms with Gasteiger partial charge in [-0.3, -0.25) is 9.78 Å². The Morgan fingerprint density at radius 1 is 1.28 bits per heavy atom. The summed E-state index contributed by atoms with van der Waals surface area (Å²) >= 11 is 0. The second-order valence-electron chi connectivity index (χ2n) is 3.66. The second kappa shape index (κ2) is 4.48. The predicted octanol–water partition coefficient (Wildman–Crippen LogP) is 1.42.